The first kappa shape index (κ1) is 16.6. The fraction of sp³-hybridized carbons (Fsp3) is 0.350. The molecule has 0 bridgehead atoms. The van der Waals surface area contributed by atoms with Crippen LogP contribution in [0, 0.1) is 6.92 Å². The Labute approximate surface area is 153 Å². The maximum atomic E-state index is 5.26. The van der Waals surface area contributed by atoms with Crippen molar-refractivity contribution in [3.63, 3.8) is 0 Å². The van der Waals surface area contributed by atoms with E-state index in [-0.39, 0.29) is 5.54 Å². The summed E-state index contributed by atoms with van der Waals surface area (Å²) in [4.78, 5) is 0. The molecule has 1 aromatic heterocycles. The topological polar surface area (TPSA) is 64.9 Å². The van der Waals surface area contributed by atoms with Crippen LogP contribution in [0.4, 0.5) is 5.69 Å². The summed E-state index contributed by atoms with van der Waals surface area (Å²) in [5.41, 5.74) is 2.97. The third kappa shape index (κ3) is 3.03. The number of methoxy groups -OCH3 is 1. The molecule has 1 aliphatic carbocycles. The number of hydrogen-bond acceptors (Lipinski definition) is 5. The molecule has 0 amide bonds. The molecule has 134 valence electrons. The Morgan fingerprint density at radius 2 is 1.85 bits per heavy atom. The second kappa shape index (κ2) is 6.78. The van der Waals surface area contributed by atoms with Gasteiger partial charge in [0.15, 0.2) is 5.82 Å². The first-order chi connectivity index (χ1) is 12.7. The molecule has 0 saturated heterocycles. The largest absolute Gasteiger partial charge is 0.497 e. The number of benzene rings is 2. The Kier molecular flexibility index (Phi) is 4.32. The molecule has 0 aliphatic heterocycles. The van der Waals surface area contributed by atoms with Crippen molar-refractivity contribution in [2.45, 2.75) is 38.1 Å². The van der Waals surface area contributed by atoms with Crippen molar-refractivity contribution in [1.29, 1.82) is 0 Å². The van der Waals surface area contributed by atoms with E-state index in [9.17, 15) is 0 Å². The van der Waals surface area contributed by atoms with Gasteiger partial charge in [0.05, 0.1) is 18.3 Å². The predicted molar refractivity (Wildman–Crippen MR) is 101 cm³/mol. The van der Waals surface area contributed by atoms with Crippen molar-refractivity contribution < 1.29 is 4.74 Å². The average Bonchev–Trinajstić information content (AvgIpc) is 3.32. The van der Waals surface area contributed by atoms with E-state index in [1.54, 1.807) is 7.11 Å². The van der Waals surface area contributed by atoms with E-state index in [0.717, 1.165) is 48.6 Å². The minimum atomic E-state index is -0.262. The number of rotatable bonds is 5. The highest BCUT2D eigenvalue weighted by molar-refractivity contribution is 5.50. The van der Waals surface area contributed by atoms with Gasteiger partial charge in [-0.1, -0.05) is 25.0 Å². The minimum absolute atomic E-state index is 0.262. The summed E-state index contributed by atoms with van der Waals surface area (Å²) < 4.78 is 7.13. The van der Waals surface area contributed by atoms with E-state index in [4.69, 9.17) is 4.74 Å². The number of nitrogens with zero attached hydrogens (tertiary/aromatic N) is 4. The highest BCUT2D eigenvalue weighted by atomic mass is 16.5. The predicted octanol–water partition coefficient (Wildman–Crippen LogP) is 3.86. The van der Waals surface area contributed by atoms with E-state index in [2.05, 4.69) is 39.9 Å². The van der Waals surface area contributed by atoms with E-state index in [1.165, 1.54) is 5.56 Å². The van der Waals surface area contributed by atoms with Gasteiger partial charge in [0.25, 0.3) is 0 Å². The molecular weight excluding hydrogens is 326 g/mol. The number of aromatic nitrogens is 4. The summed E-state index contributed by atoms with van der Waals surface area (Å²) in [6.07, 6.45) is 4.32. The molecule has 2 aromatic carbocycles. The van der Waals surface area contributed by atoms with E-state index < -0.39 is 0 Å². The maximum Gasteiger partial charge on any atom is 0.181 e. The number of nitrogens with one attached hydrogen (secondary N) is 1. The number of anilines is 1. The van der Waals surface area contributed by atoms with Gasteiger partial charge >= 0.3 is 0 Å². The van der Waals surface area contributed by atoms with E-state index in [1.807, 2.05) is 41.1 Å². The molecular formula is C20H23N5O. The van der Waals surface area contributed by atoms with Crippen molar-refractivity contribution >= 4 is 5.69 Å². The molecule has 4 rings (SSSR count). The van der Waals surface area contributed by atoms with Crippen LogP contribution < -0.4 is 10.1 Å². The minimum Gasteiger partial charge on any atom is -0.497 e. The monoisotopic (exact) mass is 349 g/mol. The Balaban J connectivity index is 1.72. The van der Waals surface area contributed by atoms with Crippen molar-refractivity contribution in [3.05, 3.63) is 59.9 Å². The molecule has 3 aromatic rings. The lowest BCUT2D eigenvalue weighted by molar-refractivity contribution is 0.414. The van der Waals surface area contributed by atoms with Gasteiger partial charge in [-0.2, -0.15) is 4.68 Å². The van der Waals surface area contributed by atoms with Crippen LogP contribution in [-0.2, 0) is 5.54 Å². The summed E-state index contributed by atoms with van der Waals surface area (Å²) in [7, 11) is 1.68. The van der Waals surface area contributed by atoms with E-state index >= 15 is 0 Å². The van der Waals surface area contributed by atoms with Gasteiger partial charge in [-0.3, -0.25) is 0 Å². The van der Waals surface area contributed by atoms with Gasteiger partial charge in [-0.15, -0.1) is 5.10 Å². The zero-order chi connectivity index (χ0) is 18.0. The van der Waals surface area contributed by atoms with Gasteiger partial charge in [-0.25, -0.2) is 0 Å². The Hall–Kier alpha value is -2.89. The molecule has 0 spiro atoms. The lowest BCUT2D eigenvalue weighted by Gasteiger charge is -2.30. The van der Waals surface area contributed by atoms with Crippen molar-refractivity contribution in [2.75, 3.05) is 12.4 Å². The molecule has 1 saturated carbocycles. The Morgan fingerprint density at radius 1 is 1.08 bits per heavy atom. The molecule has 1 N–H and O–H groups in total. The lowest BCUT2D eigenvalue weighted by atomic mass is 9.95. The second-order valence-electron chi connectivity index (χ2n) is 6.90. The quantitative estimate of drug-likeness (QED) is 0.758. The average molecular weight is 349 g/mol. The molecule has 1 heterocycles. The zero-order valence-corrected chi connectivity index (χ0v) is 15.1. The fourth-order valence-electron chi connectivity index (χ4n) is 3.75. The highest BCUT2D eigenvalue weighted by Crippen LogP contribution is 2.41. The van der Waals surface area contributed by atoms with Gasteiger partial charge in [-0.05, 0) is 72.2 Å². The van der Waals surface area contributed by atoms with Crippen LogP contribution in [0.1, 0.15) is 37.1 Å². The third-order valence-electron chi connectivity index (χ3n) is 5.07. The van der Waals surface area contributed by atoms with Crippen molar-refractivity contribution in [2.24, 2.45) is 0 Å². The molecule has 6 nitrogen and oxygen atoms in total. The van der Waals surface area contributed by atoms with Crippen molar-refractivity contribution in [3.8, 4) is 11.4 Å². The lowest BCUT2D eigenvalue weighted by Crippen LogP contribution is -2.35. The maximum absolute atomic E-state index is 5.26. The van der Waals surface area contributed by atoms with Crippen LogP contribution >= 0.6 is 0 Å². The van der Waals surface area contributed by atoms with Crippen LogP contribution in [0.25, 0.3) is 5.69 Å². The molecule has 0 radical (unpaired) electrons. The number of ether oxygens (including phenoxy) is 1. The number of tetrazole rings is 1. The van der Waals surface area contributed by atoms with Gasteiger partial charge < -0.3 is 10.1 Å². The summed E-state index contributed by atoms with van der Waals surface area (Å²) >= 11 is 0. The molecule has 0 unspecified atom stereocenters. The normalized spacial score (nSPS) is 15.8. The van der Waals surface area contributed by atoms with E-state index in [0.29, 0.717) is 0 Å². The molecule has 6 heteroatoms. The van der Waals surface area contributed by atoms with Crippen LogP contribution in [0.15, 0.2) is 48.5 Å². The third-order valence-corrected chi connectivity index (χ3v) is 5.07. The second-order valence-corrected chi connectivity index (χ2v) is 6.90. The smallest absolute Gasteiger partial charge is 0.181 e. The van der Waals surface area contributed by atoms with Crippen LogP contribution in [0.5, 0.6) is 5.75 Å². The summed E-state index contributed by atoms with van der Waals surface area (Å²) in [6.45, 7) is 2.08. The molecule has 1 fully saturated rings. The van der Waals surface area contributed by atoms with Gasteiger partial charge in [0, 0.05) is 5.69 Å². The van der Waals surface area contributed by atoms with Crippen molar-refractivity contribution in [1.82, 2.24) is 20.2 Å². The highest BCUT2D eigenvalue weighted by Gasteiger charge is 2.40. The molecule has 1 aliphatic rings. The number of hydrogen-bond donors (Lipinski definition) is 1. The Bertz CT molecular complexity index is 881. The first-order valence-corrected chi connectivity index (χ1v) is 8.98. The molecule has 26 heavy (non-hydrogen) atoms. The van der Waals surface area contributed by atoms with Crippen LogP contribution in [-0.4, -0.2) is 27.3 Å². The molecule has 0 atom stereocenters. The summed E-state index contributed by atoms with van der Waals surface area (Å²) in [5, 5.41) is 16.4. The SMILES string of the molecule is COc1ccc(NC2(c3nnnn3-c3cccc(C)c3)CCCC2)cc1. The summed E-state index contributed by atoms with van der Waals surface area (Å²) in [6, 6.07) is 16.3. The van der Waals surface area contributed by atoms with Crippen LogP contribution in [0.2, 0.25) is 0 Å². The number of aryl methyl sites for hydroxylation is 1. The van der Waals surface area contributed by atoms with Gasteiger partial charge in [0.2, 0.25) is 0 Å². The Morgan fingerprint density at radius 3 is 2.54 bits per heavy atom. The van der Waals surface area contributed by atoms with Crippen LogP contribution in [0.3, 0.4) is 0 Å². The summed E-state index contributed by atoms with van der Waals surface area (Å²) in [5.74, 6) is 1.72. The fourth-order valence-corrected chi connectivity index (χ4v) is 3.75. The zero-order valence-electron chi connectivity index (χ0n) is 15.1. The van der Waals surface area contributed by atoms with Gasteiger partial charge in [0.1, 0.15) is 5.75 Å². The standard InChI is InChI=1S/C20H23N5O/c1-15-6-5-7-17(14-15)25-19(22-23-24-25)20(12-3-4-13-20)21-16-8-10-18(26-2)11-9-16/h5-11,14,21H,3-4,12-13H2,1-2H3. The first-order valence-electron chi connectivity index (χ1n) is 8.98.